The third kappa shape index (κ3) is 2.23. The van der Waals surface area contributed by atoms with Gasteiger partial charge in [0.25, 0.3) is 0 Å². The fourth-order valence-corrected chi connectivity index (χ4v) is 1.70. The van der Waals surface area contributed by atoms with E-state index in [1.807, 2.05) is 24.3 Å². The summed E-state index contributed by atoms with van der Waals surface area (Å²) < 4.78 is 1.17. The zero-order valence-corrected chi connectivity index (χ0v) is 9.97. The zero-order chi connectivity index (χ0) is 10.8. The van der Waals surface area contributed by atoms with Gasteiger partial charge in [-0.1, -0.05) is 18.2 Å². The van der Waals surface area contributed by atoms with Gasteiger partial charge in [-0.05, 0) is 58.0 Å². The molecule has 0 unspecified atom stereocenters. The first-order valence-corrected chi connectivity index (χ1v) is 5.52. The molecule has 2 aromatic rings. The summed E-state index contributed by atoms with van der Waals surface area (Å²) in [7, 11) is 0. The Morgan fingerprint density at radius 3 is 1.93 bits per heavy atom. The number of aromatic hydroxyl groups is 2. The number of benzene rings is 2. The van der Waals surface area contributed by atoms with Gasteiger partial charge in [0.1, 0.15) is 0 Å². The van der Waals surface area contributed by atoms with Crippen molar-refractivity contribution in [2.24, 2.45) is 0 Å². The Hall–Kier alpha value is -1.23. The molecule has 15 heavy (non-hydrogen) atoms. The zero-order valence-electron chi connectivity index (χ0n) is 7.81. The lowest BCUT2D eigenvalue weighted by atomic mass is 10.1. The van der Waals surface area contributed by atoms with Crippen molar-refractivity contribution in [1.82, 2.24) is 0 Å². The average molecular weight is 312 g/mol. The van der Waals surface area contributed by atoms with Gasteiger partial charge in [0.15, 0.2) is 11.5 Å². The van der Waals surface area contributed by atoms with E-state index in [2.05, 4.69) is 22.6 Å². The van der Waals surface area contributed by atoms with Crippen LogP contribution in [0.25, 0.3) is 11.1 Å². The summed E-state index contributed by atoms with van der Waals surface area (Å²) in [6.07, 6.45) is 0. The van der Waals surface area contributed by atoms with Crippen molar-refractivity contribution in [2.45, 2.75) is 0 Å². The molecular formula is C12H9IO2. The standard InChI is InChI=1S/C12H9IO2/c13-10-4-1-8(2-5-10)9-3-6-11(14)12(15)7-9/h1-7,14-15H. The lowest BCUT2D eigenvalue weighted by molar-refractivity contribution is 0.404. The van der Waals surface area contributed by atoms with E-state index < -0.39 is 0 Å². The molecule has 0 fully saturated rings. The quantitative estimate of drug-likeness (QED) is 0.626. The molecule has 0 bridgehead atoms. The van der Waals surface area contributed by atoms with E-state index in [0.717, 1.165) is 11.1 Å². The maximum Gasteiger partial charge on any atom is 0.158 e. The van der Waals surface area contributed by atoms with Crippen LogP contribution >= 0.6 is 22.6 Å². The number of hydrogen-bond acceptors (Lipinski definition) is 2. The Morgan fingerprint density at radius 1 is 0.733 bits per heavy atom. The van der Waals surface area contributed by atoms with Crippen molar-refractivity contribution >= 4 is 22.6 Å². The van der Waals surface area contributed by atoms with Crippen LogP contribution in [0.4, 0.5) is 0 Å². The average Bonchev–Trinajstić information content (AvgIpc) is 2.23. The minimum absolute atomic E-state index is 0.0916. The molecule has 0 radical (unpaired) electrons. The van der Waals surface area contributed by atoms with E-state index in [0.29, 0.717) is 0 Å². The Kier molecular flexibility index (Phi) is 2.81. The summed E-state index contributed by atoms with van der Waals surface area (Å²) in [6, 6.07) is 12.8. The van der Waals surface area contributed by atoms with Crippen LogP contribution < -0.4 is 0 Å². The van der Waals surface area contributed by atoms with Gasteiger partial charge in [0.05, 0.1) is 0 Å². The van der Waals surface area contributed by atoms with Crippen LogP contribution in [-0.4, -0.2) is 10.2 Å². The van der Waals surface area contributed by atoms with E-state index in [4.69, 9.17) is 0 Å². The van der Waals surface area contributed by atoms with Crippen molar-refractivity contribution in [3.63, 3.8) is 0 Å². The highest BCUT2D eigenvalue weighted by atomic mass is 127. The third-order valence-corrected chi connectivity index (χ3v) is 2.87. The maximum atomic E-state index is 9.36. The molecule has 0 saturated heterocycles. The molecule has 0 aliphatic heterocycles. The van der Waals surface area contributed by atoms with Crippen molar-refractivity contribution in [3.8, 4) is 22.6 Å². The second-order valence-corrected chi connectivity index (χ2v) is 4.46. The van der Waals surface area contributed by atoms with Crippen LogP contribution in [0.1, 0.15) is 0 Å². The first kappa shape index (κ1) is 10.3. The van der Waals surface area contributed by atoms with E-state index in [1.165, 1.54) is 9.64 Å². The number of phenols is 2. The minimum atomic E-state index is -0.0933. The number of hydrogen-bond donors (Lipinski definition) is 2. The van der Waals surface area contributed by atoms with Crippen LogP contribution in [0.5, 0.6) is 11.5 Å². The molecule has 2 nitrogen and oxygen atoms in total. The van der Waals surface area contributed by atoms with Gasteiger partial charge < -0.3 is 10.2 Å². The number of halogens is 1. The number of rotatable bonds is 1. The van der Waals surface area contributed by atoms with Crippen LogP contribution in [0.2, 0.25) is 0 Å². The Labute approximate surface area is 101 Å². The normalized spacial score (nSPS) is 10.2. The highest BCUT2D eigenvalue weighted by Gasteiger charge is 2.02. The summed E-state index contributed by atoms with van der Waals surface area (Å²) in [5.41, 5.74) is 1.91. The fourth-order valence-electron chi connectivity index (χ4n) is 1.35. The number of phenolic OH excluding ortho intramolecular Hbond substituents is 2. The first-order chi connectivity index (χ1) is 7.16. The summed E-state index contributed by atoms with van der Waals surface area (Å²) >= 11 is 2.24. The molecule has 2 aromatic carbocycles. The monoisotopic (exact) mass is 312 g/mol. The molecular weight excluding hydrogens is 303 g/mol. The molecule has 0 saturated carbocycles. The topological polar surface area (TPSA) is 40.5 Å². The van der Waals surface area contributed by atoms with Crippen LogP contribution in [0.3, 0.4) is 0 Å². The molecule has 76 valence electrons. The van der Waals surface area contributed by atoms with Gasteiger partial charge in [0.2, 0.25) is 0 Å². The summed E-state index contributed by atoms with van der Waals surface area (Å²) in [5.74, 6) is -0.185. The second kappa shape index (κ2) is 4.10. The predicted molar refractivity (Wildman–Crippen MR) is 67.9 cm³/mol. The van der Waals surface area contributed by atoms with Gasteiger partial charge >= 0.3 is 0 Å². The van der Waals surface area contributed by atoms with E-state index >= 15 is 0 Å². The van der Waals surface area contributed by atoms with E-state index in [9.17, 15) is 10.2 Å². The molecule has 2 rings (SSSR count). The molecule has 0 aliphatic carbocycles. The SMILES string of the molecule is Oc1ccc(-c2ccc(I)cc2)cc1O. The highest BCUT2D eigenvalue weighted by Crippen LogP contribution is 2.30. The minimum Gasteiger partial charge on any atom is -0.504 e. The summed E-state index contributed by atoms with van der Waals surface area (Å²) in [4.78, 5) is 0. The molecule has 2 N–H and O–H groups in total. The molecule has 0 aromatic heterocycles. The molecule has 3 heteroatoms. The van der Waals surface area contributed by atoms with E-state index in [-0.39, 0.29) is 11.5 Å². The van der Waals surface area contributed by atoms with Crippen molar-refractivity contribution in [1.29, 1.82) is 0 Å². The van der Waals surface area contributed by atoms with Gasteiger partial charge in [-0.3, -0.25) is 0 Å². The highest BCUT2D eigenvalue weighted by molar-refractivity contribution is 14.1. The molecule has 0 atom stereocenters. The fraction of sp³-hybridized carbons (Fsp3) is 0. The Balaban J connectivity index is 2.45. The van der Waals surface area contributed by atoms with Crippen LogP contribution in [0, 0.1) is 3.57 Å². The Morgan fingerprint density at radius 2 is 1.33 bits per heavy atom. The third-order valence-electron chi connectivity index (χ3n) is 2.15. The van der Waals surface area contributed by atoms with Crippen LogP contribution in [0.15, 0.2) is 42.5 Å². The van der Waals surface area contributed by atoms with Gasteiger partial charge in [-0.25, -0.2) is 0 Å². The predicted octanol–water partition coefficient (Wildman–Crippen LogP) is 3.37. The van der Waals surface area contributed by atoms with Crippen molar-refractivity contribution < 1.29 is 10.2 Å². The second-order valence-electron chi connectivity index (χ2n) is 3.21. The van der Waals surface area contributed by atoms with Crippen molar-refractivity contribution in [2.75, 3.05) is 0 Å². The molecule has 0 amide bonds. The summed E-state index contributed by atoms with van der Waals surface area (Å²) in [6.45, 7) is 0. The van der Waals surface area contributed by atoms with Gasteiger partial charge in [0, 0.05) is 3.57 Å². The van der Waals surface area contributed by atoms with Gasteiger partial charge in [-0.2, -0.15) is 0 Å². The van der Waals surface area contributed by atoms with Gasteiger partial charge in [-0.15, -0.1) is 0 Å². The lowest BCUT2D eigenvalue weighted by Gasteiger charge is -2.03. The lowest BCUT2D eigenvalue weighted by Crippen LogP contribution is -1.78. The van der Waals surface area contributed by atoms with E-state index in [1.54, 1.807) is 12.1 Å². The first-order valence-electron chi connectivity index (χ1n) is 4.45. The largest absolute Gasteiger partial charge is 0.504 e. The maximum absolute atomic E-state index is 9.36. The Bertz CT molecular complexity index is 477. The summed E-state index contributed by atoms with van der Waals surface area (Å²) in [5, 5.41) is 18.5. The van der Waals surface area contributed by atoms with Crippen molar-refractivity contribution in [3.05, 3.63) is 46.0 Å². The molecule has 0 heterocycles. The van der Waals surface area contributed by atoms with Crippen LogP contribution in [-0.2, 0) is 0 Å². The molecule has 0 aliphatic rings. The molecule has 0 spiro atoms. The smallest absolute Gasteiger partial charge is 0.158 e.